The van der Waals surface area contributed by atoms with E-state index in [9.17, 15) is 5.26 Å². The SMILES string of the molecule is CC(C)(C)C1=PC2(C(C)(C)C)P=C(C(C)(C)C)P1C[C@H]2C#N. The zero-order valence-electron chi connectivity index (χ0n) is 15.6. The summed E-state index contributed by atoms with van der Waals surface area (Å²) >= 11 is 0. The number of hydrogen-bond donors (Lipinski definition) is 0. The molecule has 4 heteroatoms. The Kier molecular flexibility index (Phi) is 4.55. The quantitative estimate of drug-likeness (QED) is 0.449. The first-order valence-corrected chi connectivity index (χ1v) is 11.4. The first kappa shape index (κ1) is 18.6. The molecule has 1 nitrogen and oxygen atoms in total. The van der Waals surface area contributed by atoms with Gasteiger partial charge in [0.1, 0.15) is 0 Å². The number of hydrogen-bond acceptors (Lipinski definition) is 1. The van der Waals surface area contributed by atoms with E-state index in [-0.39, 0.29) is 35.0 Å². The van der Waals surface area contributed by atoms with Crippen molar-refractivity contribution in [2.75, 3.05) is 6.16 Å². The van der Waals surface area contributed by atoms with Gasteiger partial charge in [0, 0.05) is 0 Å². The van der Waals surface area contributed by atoms with Crippen LogP contribution in [0.4, 0.5) is 0 Å². The molecule has 0 N–H and O–H groups in total. The Morgan fingerprint density at radius 3 is 1.64 bits per heavy atom. The van der Waals surface area contributed by atoms with E-state index in [1.165, 1.54) is 16.4 Å². The van der Waals surface area contributed by atoms with Gasteiger partial charge in [-0.05, 0) is 40.4 Å². The van der Waals surface area contributed by atoms with Crippen LogP contribution in [0.3, 0.4) is 0 Å². The molecule has 0 amide bonds. The van der Waals surface area contributed by atoms with Crippen LogP contribution in [0, 0.1) is 33.5 Å². The molecule has 122 valence electrons. The van der Waals surface area contributed by atoms with Crippen molar-refractivity contribution in [3.05, 3.63) is 0 Å². The van der Waals surface area contributed by atoms with Gasteiger partial charge in [-0.15, -0.1) is 0 Å². The van der Waals surface area contributed by atoms with E-state index in [2.05, 4.69) is 68.4 Å². The Balaban J connectivity index is 2.77. The van der Waals surface area contributed by atoms with Crippen molar-refractivity contribution in [1.29, 1.82) is 5.26 Å². The molecule has 3 aliphatic rings. The number of nitrogens with zero attached hydrogens (tertiary/aromatic N) is 1. The summed E-state index contributed by atoms with van der Waals surface area (Å²) in [5.41, 5.74) is 0.638. The molecule has 0 aromatic rings. The van der Waals surface area contributed by atoms with Gasteiger partial charge in [0.15, 0.2) is 0 Å². The Morgan fingerprint density at radius 2 is 1.36 bits per heavy atom. The van der Waals surface area contributed by atoms with Crippen molar-refractivity contribution in [1.82, 2.24) is 0 Å². The predicted molar refractivity (Wildman–Crippen MR) is 106 cm³/mol. The monoisotopic (exact) mass is 353 g/mol. The molecule has 0 fully saturated rings. The van der Waals surface area contributed by atoms with Crippen LogP contribution in [0.5, 0.6) is 0 Å². The number of rotatable bonds is 0. The van der Waals surface area contributed by atoms with Gasteiger partial charge in [0.05, 0.1) is 16.9 Å². The van der Waals surface area contributed by atoms with Gasteiger partial charge in [-0.25, -0.2) is 0 Å². The molecule has 3 heterocycles. The standard InChI is InChI=1S/C18H30NP3/c1-15(2,3)13-20-18(17(7,8)9)12(10-19)11-22(13)14(21-18)16(4,5)6/h12H,11H2,1-9H3/t12-,18?,22?/m1/s1. The zero-order chi connectivity index (χ0) is 17.1. The van der Waals surface area contributed by atoms with Crippen LogP contribution in [0.25, 0.3) is 0 Å². The minimum absolute atomic E-state index is 0.0735. The molecule has 0 spiro atoms. The number of fused-ring (bicyclic) bond motifs is 1. The molecule has 22 heavy (non-hydrogen) atoms. The van der Waals surface area contributed by atoms with Crippen LogP contribution >= 0.6 is 24.3 Å². The average Bonchev–Trinajstić information content (AvgIpc) is 2.34. The molecular formula is C18H30NP3. The van der Waals surface area contributed by atoms with Gasteiger partial charge in [-0.3, -0.25) is 0 Å². The van der Waals surface area contributed by atoms with Crippen molar-refractivity contribution in [2.45, 2.75) is 67.2 Å². The molecule has 0 radical (unpaired) electrons. The normalized spacial score (nSPS) is 33.8. The average molecular weight is 353 g/mol. The maximum Gasteiger partial charge on any atom is 0.0752 e. The van der Waals surface area contributed by atoms with Crippen LogP contribution < -0.4 is 0 Å². The second kappa shape index (κ2) is 5.38. The second-order valence-electron chi connectivity index (χ2n) is 9.64. The maximum atomic E-state index is 9.85. The van der Waals surface area contributed by atoms with Crippen LogP contribution in [0.1, 0.15) is 62.3 Å². The van der Waals surface area contributed by atoms with Crippen LogP contribution in [-0.4, -0.2) is 21.1 Å². The second-order valence-corrected chi connectivity index (χ2v) is 15.6. The lowest BCUT2D eigenvalue weighted by Crippen LogP contribution is -2.49. The fourth-order valence-electron chi connectivity index (χ4n) is 3.34. The third-order valence-electron chi connectivity index (χ3n) is 4.52. The predicted octanol–water partition coefficient (Wildman–Crippen LogP) is 6.62. The summed E-state index contributed by atoms with van der Waals surface area (Å²) < 4.78 is 0. The summed E-state index contributed by atoms with van der Waals surface area (Å²) in [5.74, 6) is 0.208. The van der Waals surface area contributed by atoms with Crippen molar-refractivity contribution < 1.29 is 0 Å². The summed E-state index contributed by atoms with van der Waals surface area (Å²) in [4.78, 5) is 0.0735. The minimum Gasteiger partial charge on any atom is -0.198 e. The van der Waals surface area contributed by atoms with Crippen molar-refractivity contribution in [3.8, 4) is 6.07 Å². The van der Waals surface area contributed by atoms with Crippen LogP contribution in [0.2, 0.25) is 0 Å². The van der Waals surface area contributed by atoms with E-state index in [0.717, 1.165) is 6.16 Å². The summed E-state index contributed by atoms with van der Waals surface area (Å²) in [6.07, 6.45) is 1.10. The Morgan fingerprint density at radius 1 is 0.955 bits per heavy atom. The molecule has 1 atom stereocenters. The molecule has 0 aromatic heterocycles. The first-order valence-electron chi connectivity index (χ1n) is 8.12. The molecule has 2 bridgehead atoms. The van der Waals surface area contributed by atoms with Gasteiger partial charge in [0.25, 0.3) is 0 Å². The van der Waals surface area contributed by atoms with Gasteiger partial charge in [-0.2, -0.15) is 5.26 Å². The molecular weight excluding hydrogens is 323 g/mol. The third-order valence-corrected chi connectivity index (χ3v) is 14.7. The van der Waals surface area contributed by atoms with Crippen molar-refractivity contribution in [3.63, 3.8) is 0 Å². The molecule has 0 aromatic carbocycles. The van der Waals surface area contributed by atoms with Gasteiger partial charge in [0.2, 0.25) is 0 Å². The number of nitriles is 1. The van der Waals surface area contributed by atoms with Gasteiger partial charge < -0.3 is 0 Å². The summed E-state index contributed by atoms with van der Waals surface area (Å²) in [7, 11) is 2.69. The molecule has 0 saturated carbocycles. The third kappa shape index (κ3) is 2.86. The van der Waals surface area contributed by atoms with Crippen molar-refractivity contribution >= 4 is 34.4 Å². The zero-order valence-corrected chi connectivity index (χ0v) is 18.3. The van der Waals surface area contributed by atoms with Crippen molar-refractivity contribution in [2.24, 2.45) is 22.2 Å². The summed E-state index contributed by atoms with van der Waals surface area (Å²) in [6.45, 7) is 21.2. The van der Waals surface area contributed by atoms with E-state index in [0.29, 0.717) is 0 Å². The van der Waals surface area contributed by atoms with Gasteiger partial charge in [-0.1, -0.05) is 78.7 Å². The van der Waals surface area contributed by atoms with E-state index in [1.807, 2.05) is 0 Å². The Hall–Kier alpha value is 0.260. The largest absolute Gasteiger partial charge is 0.198 e. The fourth-order valence-corrected chi connectivity index (χ4v) is 13.6. The van der Waals surface area contributed by atoms with E-state index in [4.69, 9.17) is 0 Å². The highest BCUT2D eigenvalue weighted by Crippen LogP contribution is 2.73. The summed E-state index contributed by atoms with van der Waals surface area (Å²) in [5, 5.41) is 13.3. The smallest absolute Gasteiger partial charge is 0.0752 e. The molecule has 0 unspecified atom stereocenters. The maximum absolute atomic E-state index is 9.85. The molecule has 3 rings (SSSR count). The molecule has 0 aliphatic carbocycles. The minimum atomic E-state index is -0.245. The van der Waals surface area contributed by atoms with Crippen LogP contribution in [-0.2, 0) is 0 Å². The highest BCUT2D eigenvalue weighted by Gasteiger charge is 2.57. The van der Waals surface area contributed by atoms with E-state index in [1.54, 1.807) is 10.1 Å². The van der Waals surface area contributed by atoms with Crippen LogP contribution in [0.15, 0.2) is 0 Å². The van der Waals surface area contributed by atoms with E-state index >= 15 is 0 Å². The lowest BCUT2D eigenvalue weighted by molar-refractivity contribution is 0.324. The lowest BCUT2D eigenvalue weighted by Gasteiger charge is -2.55. The fraction of sp³-hybridized carbons (Fsp3) is 0.833. The Bertz CT molecular complexity index is 541. The highest BCUT2D eigenvalue weighted by atomic mass is 31.2. The van der Waals surface area contributed by atoms with E-state index < -0.39 is 0 Å². The first-order chi connectivity index (χ1) is 9.74. The van der Waals surface area contributed by atoms with Gasteiger partial charge >= 0.3 is 0 Å². The highest BCUT2D eigenvalue weighted by molar-refractivity contribution is 8.06. The molecule has 0 saturated heterocycles. The topological polar surface area (TPSA) is 23.8 Å². The Labute approximate surface area is 141 Å². The summed E-state index contributed by atoms with van der Waals surface area (Å²) in [6, 6.07) is 2.70. The molecule has 3 aliphatic heterocycles. The lowest BCUT2D eigenvalue weighted by atomic mass is 9.84.